The molecule has 1 unspecified atom stereocenters. The Hall–Kier alpha value is -2.36. The average molecular weight is 362 g/mol. The van der Waals surface area contributed by atoms with E-state index >= 15 is 0 Å². The van der Waals surface area contributed by atoms with Crippen LogP contribution in [-0.4, -0.2) is 42.3 Å². The van der Waals surface area contributed by atoms with Crippen molar-refractivity contribution in [3.05, 3.63) is 64.0 Å². The molecule has 8 nitrogen and oxygen atoms in total. The summed E-state index contributed by atoms with van der Waals surface area (Å²) in [6.45, 7) is 2.89. The van der Waals surface area contributed by atoms with E-state index in [1.165, 1.54) is 16.4 Å². The van der Waals surface area contributed by atoms with Crippen LogP contribution in [0, 0.1) is 17.0 Å². The molecule has 3 rings (SSSR count). The highest BCUT2D eigenvalue weighted by Gasteiger charge is 2.36. The Labute approximate surface area is 145 Å². The molecule has 1 aromatic heterocycles. The number of nitro groups is 1. The predicted octanol–water partition coefficient (Wildman–Crippen LogP) is 1.63. The van der Waals surface area contributed by atoms with Gasteiger partial charge in [0, 0.05) is 44.2 Å². The molecule has 1 fully saturated rings. The molecule has 132 valence electrons. The van der Waals surface area contributed by atoms with Crippen LogP contribution in [0.5, 0.6) is 0 Å². The normalized spacial score (nSPS) is 18.8. The summed E-state index contributed by atoms with van der Waals surface area (Å²) in [5.74, 6) is 0. The van der Waals surface area contributed by atoms with Gasteiger partial charge in [0.15, 0.2) is 0 Å². The van der Waals surface area contributed by atoms with Crippen LogP contribution in [0.1, 0.15) is 17.2 Å². The van der Waals surface area contributed by atoms with Gasteiger partial charge in [0.1, 0.15) is 0 Å². The van der Waals surface area contributed by atoms with Crippen molar-refractivity contribution in [2.75, 3.05) is 19.6 Å². The molecule has 0 saturated carbocycles. The maximum Gasteiger partial charge on any atom is 0.270 e. The Balaban J connectivity index is 2.06. The summed E-state index contributed by atoms with van der Waals surface area (Å²) < 4.78 is 27.8. The second-order valence-electron chi connectivity index (χ2n) is 5.83. The molecule has 25 heavy (non-hydrogen) atoms. The SMILES string of the molecule is Cc1ccc([N+](=O)[O-])cc1S(=O)(=O)N1CCNCC1c1cccnc1. The molecule has 0 spiro atoms. The lowest BCUT2D eigenvalue weighted by Gasteiger charge is -2.35. The highest BCUT2D eigenvalue weighted by Crippen LogP contribution is 2.31. The number of aromatic nitrogens is 1. The third kappa shape index (κ3) is 3.39. The van der Waals surface area contributed by atoms with Gasteiger partial charge in [-0.3, -0.25) is 15.1 Å². The Kier molecular flexibility index (Phi) is 4.80. The fraction of sp³-hybridized carbons (Fsp3) is 0.312. The minimum atomic E-state index is -3.88. The van der Waals surface area contributed by atoms with Crippen LogP contribution in [-0.2, 0) is 10.0 Å². The van der Waals surface area contributed by atoms with Gasteiger partial charge < -0.3 is 5.32 Å². The third-order valence-electron chi connectivity index (χ3n) is 4.23. The molecule has 0 amide bonds. The maximum absolute atomic E-state index is 13.2. The lowest BCUT2D eigenvalue weighted by molar-refractivity contribution is -0.385. The van der Waals surface area contributed by atoms with Crippen LogP contribution in [0.15, 0.2) is 47.6 Å². The first-order chi connectivity index (χ1) is 11.9. The van der Waals surface area contributed by atoms with E-state index in [0.717, 1.165) is 11.6 Å². The van der Waals surface area contributed by atoms with Gasteiger partial charge in [0.25, 0.3) is 5.69 Å². The van der Waals surface area contributed by atoms with Gasteiger partial charge in [0.05, 0.1) is 15.9 Å². The van der Waals surface area contributed by atoms with Gasteiger partial charge in [0.2, 0.25) is 10.0 Å². The minimum Gasteiger partial charge on any atom is -0.313 e. The van der Waals surface area contributed by atoms with E-state index in [-0.39, 0.29) is 17.1 Å². The van der Waals surface area contributed by atoms with Crippen molar-refractivity contribution >= 4 is 15.7 Å². The van der Waals surface area contributed by atoms with Crippen LogP contribution < -0.4 is 5.32 Å². The smallest absolute Gasteiger partial charge is 0.270 e. The zero-order valence-electron chi connectivity index (χ0n) is 13.6. The second-order valence-corrected chi connectivity index (χ2v) is 7.69. The van der Waals surface area contributed by atoms with Gasteiger partial charge in [-0.2, -0.15) is 4.31 Å². The minimum absolute atomic E-state index is 0.0301. The number of aryl methyl sites for hydroxylation is 1. The quantitative estimate of drug-likeness (QED) is 0.655. The van der Waals surface area contributed by atoms with Gasteiger partial charge in [-0.15, -0.1) is 0 Å². The lowest BCUT2D eigenvalue weighted by Crippen LogP contribution is -2.48. The van der Waals surface area contributed by atoms with E-state index < -0.39 is 21.0 Å². The topological polar surface area (TPSA) is 105 Å². The summed E-state index contributed by atoms with van der Waals surface area (Å²) in [6, 6.07) is 7.08. The fourth-order valence-electron chi connectivity index (χ4n) is 2.94. The van der Waals surface area contributed by atoms with E-state index in [9.17, 15) is 18.5 Å². The van der Waals surface area contributed by atoms with Gasteiger partial charge in [-0.1, -0.05) is 12.1 Å². The molecule has 2 aromatic rings. The third-order valence-corrected chi connectivity index (χ3v) is 6.28. The van der Waals surface area contributed by atoms with Crippen LogP contribution >= 0.6 is 0 Å². The van der Waals surface area contributed by atoms with E-state index in [1.807, 2.05) is 6.07 Å². The van der Waals surface area contributed by atoms with Crippen molar-refractivity contribution in [3.8, 4) is 0 Å². The number of non-ortho nitro benzene ring substituents is 1. The molecule has 2 heterocycles. The lowest BCUT2D eigenvalue weighted by atomic mass is 10.1. The standard InChI is InChI=1S/C16H18N4O4S/c1-12-4-5-14(20(21)22)9-16(12)25(23,24)19-8-7-18-11-15(19)13-3-2-6-17-10-13/h2-6,9-10,15,18H,7-8,11H2,1H3. The fourth-order valence-corrected chi connectivity index (χ4v) is 4.80. The van der Waals surface area contributed by atoms with E-state index in [4.69, 9.17) is 0 Å². The molecule has 0 bridgehead atoms. The number of sulfonamides is 1. The number of benzene rings is 1. The molecular weight excluding hydrogens is 344 g/mol. The highest BCUT2D eigenvalue weighted by atomic mass is 32.2. The Bertz CT molecular complexity index is 886. The van der Waals surface area contributed by atoms with Crippen molar-refractivity contribution in [1.29, 1.82) is 0 Å². The summed E-state index contributed by atoms with van der Waals surface area (Å²) in [5, 5.41) is 14.2. The molecular formula is C16H18N4O4S. The van der Waals surface area contributed by atoms with E-state index in [0.29, 0.717) is 18.7 Å². The predicted molar refractivity (Wildman–Crippen MR) is 91.6 cm³/mol. The zero-order chi connectivity index (χ0) is 18.0. The number of nitrogens with zero attached hydrogens (tertiary/aromatic N) is 3. The second kappa shape index (κ2) is 6.87. The average Bonchev–Trinajstić information content (AvgIpc) is 2.62. The van der Waals surface area contributed by atoms with Crippen molar-refractivity contribution < 1.29 is 13.3 Å². The Morgan fingerprint density at radius 1 is 1.36 bits per heavy atom. The molecule has 1 N–H and O–H groups in total. The molecule has 1 saturated heterocycles. The largest absolute Gasteiger partial charge is 0.313 e. The summed E-state index contributed by atoms with van der Waals surface area (Å²) in [4.78, 5) is 14.5. The number of hydrogen-bond donors (Lipinski definition) is 1. The van der Waals surface area contributed by atoms with Crippen molar-refractivity contribution in [2.45, 2.75) is 17.9 Å². The van der Waals surface area contributed by atoms with Crippen LogP contribution in [0.2, 0.25) is 0 Å². The number of nitro benzene ring substituents is 1. The maximum atomic E-state index is 13.2. The monoisotopic (exact) mass is 362 g/mol. The molecule has 1 aromatic carbocycles. The van der Waals surface area contributed by atoms with Crippen molar-refractivity contribution in [1.82, 2.24) is 14.6 Å². The van der Waals surface area contributed by atoms with Crippen molar-refractivity contribution in [2.24, 2.45) is 0 Å². The first-order valence-electron chi connectivity index (χ1n) is 7.79. The summed E-state index contributed by atoms with van der Waals surface area (Å²) in [6.07, 6.45) is 3.27. The van der Waals surface area contributed by atoms with E-state index in [2.05, 4.69) is 10.3 Å². The molecule has 0 aliphatic carbocycles. The summed E-state index contributed by atoms with van der Waals surface area (Å²) in [5.41, 5.74) is 1.02. The first kappa shape index (κ1) is 17.5. The Morgan fingerprint density at radius 2 is 2.16 bits per heavy atom. The molecule has 1 atom stereocenters. The Morgan fingerprint density at radius 3 is 2.84 bits per heavy atom. The highest BCUT2D eigenvalue weighted by molar-refractivity contribution is 7.89. The molecule has 0 radical (unpaired) electrons. The zero-order valence-corrected chi connectivity index (χ0v) is 14.4. The number of pyridine rings is 1. The van der Waals surface area contributed by atoms with Crippen LogP contribution in [0.3, 0.4) is 0 Å². The van der Waals surface area contributed by atoms with Crippen molar-refractivity contribution in [3.63, 3.8) is 0 Å². The number of nitrogens with one attached hydrogen (secondary N) is 1. The van der Waals surface area contributed by atoms with Gasteiger partial charge in [-0.25, -0.2) is 8.42 Å². The molecule has 9 heteroatoms. The number of rotatable bonds is 4. The summed E-state index contributed by atoms with van der Waals surface area (Å²) in [7, 11) is -3.88. The number of piperazine rings is 1. The van der Waals surface area contributed by atoms with Crippen LogP contribution in [0.4, 0.5) is 5.69 Å². The molecule has 1 aliphatic rings. The number of hydrogen-bond acceptors (Lipinski definition) is 6. The first-order valence-corrected chi connectivity index (χ1v) is 9.23. The van der Waals surface area contributed by atoms with E-state index in [1.54, 1.807) is 25.4 Å². The summed E-state index contributed by atoms with van der Waals surface area (Å²) >= 11 is 0. The van der Waals surface area contributed by atoms with Gasteiger partial charge >= 0.3 is 0 Å². The van der Waals surface area contributed by atoms with Crippen LogP contribution in [0.25, 0.3) is 0 Å². The van der Waals surface area contributed by atoms with Gasteiger partial charge in [-0.05, 0) is 24.1 Å². The molecule has 1 aliphatic heterocycles.